The number of carbonyl (C=O) groups excluding carboxylic acids is 2. The number of urea groups is 1. The van der Waals surface area contributed by atoms with Crippen LogP contribution in [0.5, 0.6) is 0 Å². The van der Waals surface area contributed by atoms with Gasteiger partial charge in [0, 0.05) is 51.3 Å². The van der Waals surface area contributed by atoms with Gasteiger partial charge >= 0.3 is 6.03 Å². The molecule has 3 aromatic rings. The van der Waals surface area contributed by atoms with Gasteiger partial charge in [-0.25, -0.2) is 9.78 Å². The van der Waals surface area contributed by atoms with Crippen molar-refractivity contribution >= 4 is 11.9 Å². The molecule has 0 aliphatic carbocycles. The summed E-state index contributed by atoms with van der Waals surface area (Å²) in [4.78, 5) is 39.8. The second-order valence-corrected chi connectivity index (χ2v) is 10.6. The van der Waals surface area contributed by atoms with E-state index in [0.29, 0.717) is 49.6 Å². The number of rotatable bonds is 3. The Bertz CT molecular complexity index is 1410. The molecule has 3 heterocycles. The number of aromatic nitrogens is 2. The molecule has 0 spiro atoms. The van der Waals surface area contributed by atoms with Gasteiger partial charge in [-0.3, -0.25) is 4.79 Å². The lowest BCUT2D eigenvalue weighted by molar-refractivity contribution is 0.0712. The van der Waals surface area contributed by atoms with Crippen molar-refractivity contribution in [3.63, 3.8) is 0 Å². The molecule has 0 radical (unpaired) electrons. The number of aryl methyl sites for hydroxylation is 2. The molecule has 8 nitrogen and oxygen atoms in total. The van der Waals surface area contributed by atoms with Crippen LogP contribution in [0.25, 0.3) is 11.4 Å². The summed E-state index contributed by atoms with van der Waals surface area (Å²) in [6.45, 7) is 6.59. The zero-order chi connectivity index (χ0) is 27.0. The summed E-state index contributed by atoms with van der Waals surface area (Å²) < 4.78 is 0. The molecule has 0 atom stereocenters. The van der Waals surface area contributed by atoms with E-state index in [9.17, 15) is 9.59 Å². The minimum Gasteiger partial charge on any atom is -0.340 e. The SMILES string of the molecule is Cc1cc(C)c(-c2nc3c([nH]2)CN(C(=O)N(C)C)CC3)cc1C(=O)N1CCC(c2ccc(C#N)cc2)CC1. The van der Waals surface area contributed by atoms with Crippen LogP contribution in [0, 0.1) is 25.2 Å². The summed E-state index contributed by atoms with van der Waals surface area (Å²) in [6, 6.07) is 14.0. The first-order valence-corrected chi connectivity index (χ1v) is 13.2. The van der Waals surface area contributed by atoms with E-state index in [1.54, 1.807) is 19.0 Å². The largest absolute Gasteiger partial charge is 0.340 e. The van der Waals surface area contributed by atoms with Crippen LogP contribution < -0.4 is 0 Å². The quantitative estimate of drug-likeness (QED) is 0.556. The number of benzene rings is 2. The lowest BCUT2D eigenvalue weighted by Crippen LogP contribution is -2.42. The number of carbonyl (C=O) groups is 2. The molecule has 5 rings (SSSR count). The van der Waals surface area contributed by atoms with Gasteiger partial charge in [0.15, 0.2) is 0 Å². The fourth-order valence-corrected chi connectivity index (χ4v) is 5.62. The molecule has 1 saturated heterocycles. The Kier molecular flexibility index (Phi) is 6.94. The smallest absolute Gasteiger partial charge is 0.319 e. The Morgan fingerprint density at radius 1 is 1.03 bits per heavy atom. The van der Waals surface area contributed by atoms with Gasteiger partial charge in [-0.2, -0.15) is 5.26 Å². The van der Waals surface area contributed by atoms with Crippen LogP contribution in [0.2, 0.25) is 0 Å². The third-order valence-electron chi connectivity index (χ3n) is 7.84. The van der Waals surface area contributed by atoms with Crippen LogP contribution in [0.3, 0.4) is 0 Å². The average Bonchev–Trinajstić information content (AvgIpc) is 3.35. The summed E-state index contributed by atoms with van der Waals surface area (Å²) in [6.07, 6.45) is 2.52. The van der Waals surface area contributed by atoms with E-state index in [1.165, 1.54) is 5.56 Å². The van der Waals surface area contributed by atoms with Crippen LogP contribution in [0.4, 0.5) is 4.79 Å². The first-order chi connectivity index (χ1) is 18.2. The molecule has 1 fully saturated rings. The molecule has 196 valence electrons. The monoisotopic (exact) mass is 510 g/mol. The van der Waals surface area contributed by atoms with Crippen molar-refractivity contribution in [1.82, 2.24) is 24.7 Å². The zero-order valence-corrected chi connectivity index (χ0v) is 22.5. The Morgan fingerprint density at radius 3 is 2.39 bits per heavy atom. The number of piperidine rings is 1. The van der Waals surface area contributed by atoms with Crippen molar-refractivity contribution in [3.05, 3.63) is 75.6 Å². The minimum absolute atomic E-state index is 0.00541. The molecule has 2 aliphatic heterocycles. The number of fused-ring (bicyclic) bond motifs is 1. The molecule has 1 N–H and O–H groups in total. The summed E-state index contributed by atoms with van der Waals surface area (Å²) in [5.74, 6) is 1.20. The van der Waals surface area contributed by atoms with Gasteiger partial charge in [0.1, 0.15) is 5.82 Å². The van der Waals surface area contributed by atoms with E-state index < -0.39 is 0 Å². The highest BCUT2D eigenvalue weighted by Gasteiger charge is 2.28. The third-order valence-corrected chi connectivity index (χ3v) is 7.84. The molecule has 0 bridgehead atoms. The minimum atomic E-state index is -0.00541. The number of imidazole rings is 1. The first kappa shape index (κ1) is 25.5. The summed E-state index contributed by atoms with van der Waals surface area (Å²) in [5, 5.41) is 9.05. The number of hydrogen-bond acceptors (Lipinski definition) is 4. The van der Waals surface area contributed by atoms with E-state index in [1.807, 2.05) is 54.0 Å². The van der Waals surface area contributed by atoms with E-state index in [-0.39, 0.29) is 11.9 Å². The van der Waals surface area contributed by atoms with E-state index in [2.05, 4.69) is 17.1 Å². The van der Waals surface area contributed by atoms with Crippen LogP contribution in [0.15, 0.2) is 36.4 Å². The Labute approximate surface area is 223 Å². The number of hydrogen-bond donors (Lipinski definition) is 1. The molecule has 0 unspecified atom stereocenters. The second-order valence-electron chi connectivity index (χ2n) is 10.6. The van der Waals surface area contributed by atoms with Crippen LogP contribution in [-0.2, 0) is 13.0 Å². The molecule has 1 aromatic heterocycles. The maximum atomic E-state index is 13.6. The zero-order valence-electron chi connectivity index (χ0n) is 22.5. The molecule has 8 heteroatoms. The predicted octanol–water partition coefficient (Wildman–Crippen LogP) is 4.62. The highest BCUT2D eigenvalue weighted by atomic mass is 16.2. The standard InChI is InChI=1S/C30H34N6O2/c1-19-15-20(2)25(29(37)35-12-9-23(10-13-35)22-7-5-21(17-31)6-8-22)16-24(19)28-32-26-11-14-36(18-27(26)33-28)30(38)34(3)4/h5-8,15-16,23H,9-14,18H2,1-4H3,(H,32,33). The van der Waals surface area contributed by atoms with Crippen LogP contribution in [0.1, 0.15) is 62.8 Å². The van der Waals surface area contributed by atoms with Crippen molar-refractivity contribution in [2.75, 3.05) is 33.7 Å². The maximum absolute atomic E-state index is 13.6. The Balaban J connectivity index is 1.32. The Morgan fingerprint density at radius 2 is 1.74 bits per heavy atom. The second kappa shape index (κ2) is 10.3. The highest BCUT2D eigenvalue weighted by molar-refractivity contribution is 5.97. The molecule has 2 aliphatic rings. The first-order valence-electron chi connectivity index (χ1n) is 13.2. The van der Waals surface area contributed by atoms with Gasteiger partial charge in [0.25, 0.3) is 5.91 Å². The number of likely N-dealkylation sites (tertiary alicyclic amines) is 1. The van der Waals surface area contributed by atoms with Gasteiger partial charge in [0.2, 0.25) is 0 Å². The lowest BCUT2D eigenvalue weighted by Gasteiger charge is -2.32. The van der Waals surface area contributed by atoms with Gasteiger partial charge < -0.3 is 19.7 Å². The van der Waals surface area contributed by atoms with Crippen LogP contribution >= 0.6 is 0 Å². The van der Waals surface area contributed by atoms with Crippen molar-refractivity contribution in [1.29, 1.82) is 5.26 Å². The van der Waals surface area contributed by atoms with Gasteiger partial charge in [-0.1, -0.05) is 18.2 Å². The van der Waals surface area contributed by atoms with E-state index in [0.717, 1.165) is 46.7 Å². The van der Waals surface area contributed by atoms with Gasteiger partial charge in [-0.15, -0.1) is 0 Å². The fraction of sp³-hybridized carbons (Fsp3) is 0.400. The van der Waals surface area contributed by atoms with Crippen molar-refractivity contribution in [2.24, 2.45) is 0 Å². The number of nitrogens with zero attached hydrogens (tertiary/aromatic N) is 5. The van der Waals surface area contributed by atoms with Crippen molar-refractivity contribution < 1.29 is 9.59 Å². The molecule has 0 saturated carbocycles. The predicted molar refractivity (Wildman–Crippen MR) is 146 cm³/mol. The number of amides is 3. The maximum Gasteiger partial charge on any atom is 0.319 e. The highest BCUT2D eigenvalue weighted by Crippen LogP contribution is 2.31. The molecular weight excluding hydrogens is 476 g/mol. The third kappa shape index (κ3) is 4.89. The Hall–Kier alpha value is -4.12. The topological polar surface area (TPSA) is 96.3 Å². The lowest BCUT2D eigenvalue weighted by atomic mass is 9.88. The normalized spacial score (nSPS) is 15.7. The van der Waals surface area contributed by atoms with Crippen molar-refractivity contribution in [3.8, 4) is 17.5 Å². The fourth-order valence-electron chi connectivity index (χ4n) is 5.62. The number of nitriles is 1. The number of nitrogens with one attached hydrogen (secondary N) is 1. The molecular formula is C30H34N6O2. The molecule has 38 heavy (non-hydrogen) atoms. The van der Waals surface area contributed by atoms with Gasteiger partial charge in [-0.05, 0) is 67.5 Å². The average molecular weight is 511 g/mol. The number of H-pyrrole nitrogens is 1. The summed E-state index contributed by atoms with van der Waals surface area (Å²) in [5.41, 5.74) is 7.50. The summed E-state index contributed by atoms with van der Waals surface area (Å²) in [7, 11) is 3.53. The van der Waals surface area contributed by atoms with Crippen LogP contribution in [-0.4, -0.2) is 70.3 Å². The molecule has 2 aromatic carbocycles. The van der Waals surface area contributed by atoms with Gasteiger partial charge in [0.05, 0.1) is 29.6 Å². The summed E-state index contributed by atoms with van der Waals surface area (Å²) >= 11 is 0. The van der Waals surface area contributed by atoms with E-state index in [4.69, 9.17) is 10.2 Å². The molecule has 3 amide bonds. The number of aromatic amines is 1. The van der Waals surface area contributed by atoms with Crippen molar-refractivity contribution in [2.45, 2.75) is 45.6 Å². The van der Waals surface area contributed by atoms with E-state index >= 15 is 0 Å².